The Morgan fingerprint density at radius 1 is 1.53 bits per heavy atom. The average Bonchev–Trinajstić information content (AvgIpc) is 2.72. The van der Waals surface area contributed by atoms with Gasteiger partial charge in [-0.05, 0) is 18.2 Å². The van der Waals surface area contributed by atoms with Gasteiger partial charge in [-0.25, -0.2) is 4.79 Å². The Morgan fingerprint density at radius 2 is 2.29 bits per heavy atom. The Morgan fingerprint density at radius 3 is 2.94 bits per heavy atom. The summed E-state index contributed by atoms with van der Waals surface area (Å²) >= 11 is 9.14. The fourth-order valence-electron chi connectivity index (χ4n) is 1.05. The molecular formula is C10H5BrClNO4. The Balaban J connectivity index is 2.25. The number of nitrogens with zero attached hydrogens (tertiary/aromatic N) is 1. The van der Waals surface area contributed by atoms with E-state index in [1.165, 1.54) is 0 Å². The third kappa shape index (κ3) is 2.78. The first-order chi connectivity index (χ1) is 8.06. The standard InChI is InChI=1S/C10H5BrClNO4/c11-5-1-2-6(12)8(3-5)17-10-13-7(4-16-10)9(14)15/h1-4H,(H,14,15). The van der Waals surface area contributed by atoms with Gasteiger partial charge in [0.05, 0.1) is 5.02 Å². The third-order valence-electron chi connectivity index (χ3n) is 1.79. The smallest absolute Gasteiger partial charge is 0.399 e. The summed E-state index contributed by atoms with van der Waals surface area (Å²) in [5.74, 6) is -0.872. The summed E-state index contributed by atoms with van der Waals surface area (Å²) < 4.78 is 10.8. The second-order valence-corrected chi connectivity index (χ2v) is 4.30. The highest BCUT2D eigenvalue weighted by molar-refractivity contribution is 9.10. The zero-order valence-electron chi connectivity index (χ0n) is 8.18. The Labute approximate surface area is 109 Å². The molecule has 1 N–H and O–H groups in total. The maximum atomic E-state index is 10.6. The van der Waals surface area contributed by atoms with Gasteiger partial charge in [-0.2, -0.15) is 4.98 Å². The molecule has 2 rings (SSSR count). The van der Waals surface area contributed by atoms with Crippen molar-refractivity contribution in [3.05, 3.63) is 39.7 Å². The van der Waals surface area contributed by atoms with Crippen LogP contribution in [0.3, 0.4) is 0 Å². The van der Waals surface area contributed by atoms with Crippen molar-refractivity contribution >= 4 is 33.5 Å². The van der Waals surface area contributed by atoms with Crippen molar-refractivity contribution in [2.24, 2.45) is 0 Å². The largest absolute Gasteiger partial charge is 0.476 e. The first-order valence-electron chi connectivity index (χ1n) is 4.38. The van der Waals surface area contributed by atoms with Crippen molar-refractivity contribution in [2.75, 3.05) is 0 Å². The van der Waals surface area contributed by atoms with Crippen LogP contribution in [0.5, 0.6) is 11.8 Å². The molecule has 0 aliphatic carbocycles. The lowest BCUT2D eigenvalue weighted by atomic mass is 10.3. The monoisotopic (exact) mass is 317 g/mol. The van der Waals surface area contributed by atoms with Crippen LogP contribution in [0.2, 0.25) is 5.02 Å². The molecule has 88 valence electrons. The number of hydrogen-bond donors (Lipinski definition) is 1. The van der Waals surface area contributed by atoms with Crippen LogP contribution in [0.25, 0.3) is 0 Å². The Bertz CT molecular complexity index is 569. The van der Waals surface area contributed by atoms with Crippen LogP contribution in [0.1, 0.15) is 10.5 Å². The van der Waals surface area contributed by atoms with E-state index in [-0.39, 0.29) is 11.8 Å². The molecular weight excluding hydrogens is 313 g/mol. The number of ether oxygens (including phenoxy) is 1. The van der Waals surface area contributed by atoms with Crippen LogP contribution in [0, 0.1) is 0 Å². The number of carboxylic acid groups (broad SMARTS) is 1. The first kappa shape index (κ1) is 11.9. The predicted octanol–water partition coefficient (Wildman–Crippen LogP) is 3.58. The number of oxazole rings is 1. The number of carbonyl (C=O) groups is 1. The van der Waals surface area contributed by atoms with E-state index in [0.29, 0.717) is 10.8 Å². The number of rotatable bonds is 3. The molecule has 0 saturated heterocycles. The lowest BCUT2D eigenvalue weighted by Crippen LogP contribution is -1.95. The number of aromatic nitrogens is 1. The highest BCUT2D eigenvalue weighted by Gasteiger charge is 2.13. The Kier molecular flexibility index (Phi) is 3.35. The number of hydrogen-bond acceptors (Lipinski definition) is 4. The minimum Gasteiger partial charge on any atom is -0.476 e. The lowest BCUT2D eigenvalue weighted by molar-refractivity contribution is 0.0690. The normalized spacial score (nSPS) is 10.2. The topological polar surface area (TPSA) is 72.6 Å². The van der Waals surface area contributed by atoms with Gasteiger partial charge < -0.3 is 14.3 Å². The minimum absolute atomic E-state index is 0.178. The molecule has 1 aromatic carbocycles. The quantitative estimate of drug-likeness (QED) is 0.936. The van der Waals surface area contributed by atoms with Crippen LogP contribution in [-0.4, -0.2) is 16.1 Å². The van der Waals surface area contributed by atoms with Gasteiger partial charge in [-0.15, -0.1) is 0 Å². The number of halogens is 2. The summed E-state index contributed by atoms with van der Waals surface area (Å²) in [6, 6.07) is 4.99. The predicted molar refractivity (Wildman–Crippen MR) is 62.7 cm³/mol. The van der Waals surface area contributed by atoms with E-state index >= 15 is 0 Å². The van der Waals surface area contributed by atoms with Gasteiger partial charge in [0.25, 0.3) is 0 Å². The van der Waals surface area contributed by atoms with Gasteiger partial charge >= 0.3 is 12.0 Å². The Hall–Kier alpha value is -1.53. The molecule has 0 saturated carbocycles. The summed E-state index contributed by atoms with van der Waals surface area (Å²) in [5, 5.41) is 9.02. The molecule has 0 radical (unpaired) electrons. The molecule has 1 aromatic heterocycles. The molecule has 17 heavy (non-hydrogen) atoms. The van der Waals surface area contributed by atoms with E-state index in [0.717, 1.165) is 10.7 Å². The number of carboxylic acids is 1. The van der Waals surface area contributed by atoms with Gasteiger partial charge in [-0.1, -0.05) is 27.5 Å². The van der Waals surface area contributed by atoms with E-state index < -0.39 is 5.97 Å². The first-order valence-corrected chi connectivity index (χ1v) is 5.55. The SMILES string of the molecule is O=C(O)c1coc(Oc2cc(Br)ccc2Cl)n1. The molecule has 0 amide bonds. The van der Waals surface area contributed by atoms with E-state index in [9.17, 15) is 4.79 Å². The van der Waals surface area contributed by atoms with Gasteiger partial charge in [0.2, 0.25) is 0 Å². The second kappa shape index (κ2) is 4.77. The van der Waals surface area contributed by atoms with Crippen LogP contribution in [-0.2, 0) is 0 Å². The number of benzene rings is 1. The molecule has 7 heteroatoms. The lowest BCUT2D eigenvalue weighted by Gasteiger charge is -2.03. The third-order valence-corrected chi connectivity index (χ3v) is 2.60. The maximum Gasteiger partial charge on any atom is 0.399 e. The van der Waals surface area contributed by atoms with Crippen molar-refractivity contribution in [1.82, 2.24) is 4.98 Å². The van der Waals surface area contributed by atoms with Crippen LogP contribution >= 0.6 is 27.5 Å². The van der Waals surface area contributed by atoms with Crippen LogP contribution in [0.4, 0.5) is 0 Å². The van der Waals surface area contributed by atoms with Crippen molar-refractivity contribution < 1.29 is 19.1 Å². The van der Waals surface area contributed by atoms with Gasteiger partial charge in [-0.3, -0.25) is 0 Å². The highest BCUT2D eigenvalue weighted by atomic mass is 79.9. The van der Waals surface area contributed by atoms with Gasteiger partial charge in [0.15, 0.2) is 11.4 Å². The van der Waals surface area contributed by atoms with Crippen LogP contribution in [0.15, 0.2) is 33.4 Å². The molecule has 0 spiro atoms. The molecule has 1 heterocycles. The fraction of sp³-hybridized carbons (Fsp3) is 0. The van der Waals surface area contributed by atoms with Crippen molar-refractivity contribution in [2.45, 2.75) is 0 Å². The highest BCUT2D eigenvalue weighted by Crippen LogP contribution is 2.31. The van der Waals surface area contributed by atoms with E-state index in [2.05, 4.69) is 20.9 Å². The summed E-state index contributed by atoms with van der Waals surface area (Å²) in [4.78, 5) is 14.2. The fourth-order valence-corrected chi connectivity index (χ4v) is 1.55. The van der Waals surface area contributed by atoms with E-state index in [1.807, 2.05) is 0 Å². The summed E-state index contributed by atoms with van der Waals surface area (Å²) in [5.41, 5.74) is -0.230. The maximum absolute atomic E-state index is 10.6. The molecule has 0 fully saturated rings. The summed E-state index contributed by atoms with van der Waals surface area (Å²) in [6.45, 7) is 0. The minimum atomic E-state index is -1.19. The second-order valence-electron chi connectivity index (χ2n) is 2.98. The summed E-state index contributed by atoms with van der Waals surface area (Å²) in [7, 11) is 0. The molecule has 0 atom stereocenters. The van der Waals surface area contributed by atoms with Crippen LogP contribution < -0.4 is 4.74 Å². The van der Waals surface area contributed by atoms with Crippen molar-refractivity contribution in [3.8, 4) is 11.8 Å². The molecule has 0 aliphatic heterocycles. The van der Waals surface area contributed by atoms with Gasteiger partial charge in [0.1, 0.15) is 6.26 Å². The summed E-state index contributed by atoms with van der Waals surface area (Å²) in [6.07, 6.45) is 0.811. The molecule has 0 bridgehead atoms. The van der Waals surface area contributed by atoms with E-state index in [4.69, 9.17) is 25.9 Å². The average molecular weight is 319 g/mol. The van der Waals surface area contributed by atoms with Gasteiger partial charge in [0, 0.05) is 4.47 Å². The molecule has 0 aliphatic rings. The molecule has 2 aromatic rings. The van der Waals surface area contributed by atoms with Crippen molar-refractivity contribution in [1.29, 1.82) is 0 Å². The van der Waals surface area contributed by atoms with E-state index in [1.54, 1.807) is 18.2 Å². The zero-order valence-corrected chi connectivity index (χ0v) is 10.5. The van der Waals surface area contributed by atoms with Crippen molar-refractivity contribution in [3.63, 3.8) is 0 Å². The molecule has 0 unspecified atom stereocenters. The zero-order chi connectivity index (χ0) is 12.4. The molecule has 5 nitrogen and oxygen atoms in total. The number of aromatic carboxylic acids is 1.